The lowest BCUT2D eigenvalue weighted by molar-refractivity contribution is -0.145. The number of aliphatic hydroxyl groups is 1. The van der Waals surface area contributed by atoms with E-state index in [-0.39, 0.29) is 5.56 Å². The summed E-state index contributed by atoms with van der Waals surface area (Å²) in [4.78, 5) is 27.6. The lowest BCUT2D eigenvalue weighted by Crippen LogP contribution is -2.46. The number of nitrogens with one attached hydrogen (secondary N) is 1. The number of para-hydroxylation sites is 1. The van der Waals surface area contributed by atoms with E-state index in [1.165, 1.54) is 18.5 Å². The number of hydrogen-bond donors (Lipinski definition) is 3. The number of rotatable bonds is 7. The number of nitrogens with zero attached hydrogens (tertiary/aromatic N) is 1. The van der Waals surface area contributed by atoms with Crippen LogP contribution < -0.4 is 10.1 Å². The summed E-state index contributed by atoms with van der Waals surface area (Å²) in [6.07, 6.45) is 1.39. The Morgan fingerprint density at radius 2 is 1.87 bits per heavy atom. The molecule has 2 atom stereocenters. The molecule has 2 heterocycles. The van der Waals surface area contributed by atoms with Crippen molar-refractivity contribution in [2.75, 3.05) is 6.61 Å². The fraction of sp³-hybridized carbons (Fsp3) is 0.136. The molecule has 2 aromatic heterocycles. The standard InChI is InChI=1S/C22H18N2O6/c25-19(24-20(22(27)28)21(26)13-4-3-9-23-11-13)12-29-14-7-8-18-16(10-14)15-5-1-2-6-17(15)30-18/h1-11,20-21,26H,12H2,(H,24,25)(H,27,28). The molecule has 2 unspecified atom stereocenters. The number of fused-ring (bicyclic) bond motifs is 3. The van der Waals surface area contributed by atoms with Gasteiger partial charge in [0.15, 0.2) is 12.6 Å². The molecule has 0 fully saturated rings. The van der Waals surface area contributed by atoms with Crippen molar-refractivity contribution >= 4 is 33.8 Å². The maximum absolute atomic E-state index is 12.2. The van der Waals surface area contributed by atoms with E-state index in [0.29, 0.717) is 11.3 Å². The predicted molar refractivity (Wildman–Crippen MR) is 108 cm³/mol. The SMILES string of the molecule is O=C(COc1ccc2oc3ccccc3c2c1)NC(C(=O)O)C(O)c1cccnc1. The van der Waals surface area contributed by atoms with E-state index in [0.717, 1.165) is 16.4 Å². The van der Waals surface area contributed by atoms with Gasteiger partial charge in [-0.25, -0.2) is 4.79 Å². The Bertz CT molecular complexity index is 1200. The number of carbonyl (C=O) groups excluding carboxylic acids is 1. The lowest BCUT2D eigenvalue weighted by atomic mass is 10.0. The number of amides is 1. The normalized spacial score (nSPS) is 13.1. The highest BCUT2D eigenvalue weighted by molar-refractivity contribution is 6.05. The van der Waals surface area contributed by atoms with Crippen LogP contribution in [0.4, 0.5) is 0 Å². The average molecular weight is 406 g/mol. The van der Waals surface area contributed by atoms with Crippen LogP contribution >= 0.6 is 0 Å². The zero-order chi connectivity index (χ0) is 21.1. The minimum Gasteiger partial charge on any atom is -0.484 e. The molecule has 0 aliphatic carbocycles. The van der Waals surface area contributed by atoms with Crippen molar-refractivity contribution in [2.24, 2.45) is 0 Å². The van der Waals surface area contributed by atoms with Crippen LogP contribution in [0.5, 0.6) is 5.75 Å². The molecular formula is C22H18N2O6. The molecule has 0 radical (unpaired) electrons. The summed E-state index contributed by atoms with van der Waals surface area (Å²) < 4.78 is 11.3. The van der Waals surface area contributed by atoms with Gasteiger partial charge in [0.25, 0.3) is 5.91 Å². The van der Waals surface area contributed by atoms with Crippen LogP contribution in [0, 0.1) is 0 Å². The molecule has 1 amide bonds. The molecule has 3 N–H and O–H groups in total. The van der Waals surface area contributed by atoms with Gasteiger partial charge < -0.3 is 24.7 Å². The lowest BCUT2D eigenvalue weighted by Gasteiger charge is -2.20. The molecule has 8 nitrogen and oxygen atoms in total. The van der Waals surface area contributed by atoms with E-state index in [1.54, 1.807) is 24.3 Å². The molecule has 0 aliphatic heterocycles. The zero-order valence-corrected chi connectivity index (χ0v) is 15.7. The van der Waals surface area contributed by atoms with Gasteiger partial charge in [0.1, 0.15) is 23.0 Å². The van der Waals surface area contributed by atoms with Crippen molar-refractivity contribution in [1.82, 2.24) is 10.3 Å². The Hall–Kier alpha value is -3.91. The Kier molecular flexibility index (Phi) is 5.32. The summed E-state index contributed by atoms with van der Waals surface area (Å²) in [7, 11) is 0. The smallest absolute Gasteiger partial charge is 0.329 e. The third kappa shape index (κ3) is 3.94. The van der Waals surface area contributed by atoms with Gasteiger partial charge in [-0.3, -0.25) is 9.78 Å². The molecule has 8 heteroatoms. The number of carboxylic acids is 1. The molecule has 0 bridgehead atoms. The summed E-state index contributed by atoms with van der Waals surface area (Å²) in [6.45, 7) is -0.412. The summed E-state index contributed by atoms with van der Waals surface area (Å²) in [5.41, 5.74) is 1.72. The van der Waals surface area contributed by atoms with Crippen LogP contribution in [0.3, 0.4) is 0 Å². The number of pyridine rings is 1. The first kappa shape index (κ1) is 19.4. The van der Waals surface area contributed by atoms with Gasteiger partial charge in [-0.05, 0) is 30.3 Å². The van der Waals surface area contributed by atoms with Gasteiger partial charge in [-0.1, -0.05) is 24.3 Å². The molecule has 0 saturated carbocycles. The highest BCUT2D eigenvalue weighted by atomic mass is 16.5. The van der Waals surface area contributed by atoms with E-state index >= 15 is 0 Å². The first-order chi connectivity index (χ1) is 14.5. The number of carbonyl (C=O) groups is 2. The molecule has 2 aromatic carbocycles. The summed E-state index contributed by atoms with van der Waals surface area (Å²) in [5, 5.41) is 23.7. The van der Waals surface area contributed by atoms with Crippen LogP contribution in [0.15, 0.2) is 71.4 Å². The minimum absolute atomic E-state index is 0.281. The van der Waals surface area contributed by atoms with E-state index in [2.05, 4.69) is 10.3 Å². The van der Waals surface area contributed by atoms with Gasteiger partial charge in [0.05, 0.1) is 0 Å². The van der Waals surface area contributed by atoms with Crippen molar-refractivity contribution in [3.63, 3.8) is 0 Å². The van der Waals surface area contributed by atoms with Crippen LogP contribution in [-0.4, -0.2) is 39.7 Å². The number of aliphatic carboxylic acids is 1. The van der Waals surface area contributed by atoms with Gasteiger partial charge in [-0.15, -0.1) is 0 Å². The van der Waals surface area contributed by atoms with Crippen molar-refractivity contribution in [3.8, 4) is 5.75 Å². The molecule has 4 rings (SSSR count). The second-order valence-electron chi connectivity index (χ2n) is 6.66. The van der Waals surface area contributed by atoms with Gasteiger partial charge >= 0.3 is 5.97 Å². The molecule has 0 aliphatic rings. The largest absolute Gasteiger partial charge is 0.484 e. The summed E-state index contributed by atoms with van der Waals surface area (Å²) >= 11 is 0. The van der Waals surface area contributed by atoms with Crippen LogP contribution in [0.1, 0.15) is 11.7 Å². The van der Waals surface area contributed by atoms with Crippen molar-refractivity contribution in [3.05, 3.63) is 72.6 Å². The van der Waals surface area contributed by atoms with E-state index in [1.807, 2.05) is 24.3 Å². The number of carboxylic acid groups (broad SMARTS) is 1. The van der Waals surface area contributed by atoms with Crippen molar-refractivity contribution < 1.29 is 29.0 Å². The number of furan rings is 1. The second kappa shape index (κ2) is 8.22. The monoisotopic (exact) mass is 406 g/mol. The van der Waals surface area contributed by atoms with Gasteiger partial charge in [0, 0.05) is 28.7 Å². The predicted octanol–water partition coefficient (Wildman–Crippen LogP) is 2.66. The molecule has 152 valence electrons. The molecule has 4 aromatic rings. The zero-order valence-electron chi connectivity index (χ0n) is 15.7. The number of aliphatic hydroxyl groups excluding tert-OH is 1. The number of benzene rings is 2. The maximum atomic E-state index is 12.2. The second-order valence-corrected chi connectivity index (χ2v) is 6.66. The first-order valence-corrected chi connectivity index (χ1v) is 9.17. The van der Waals surface area contributed by atoms with E-state index in [9.17, 15) is 19.8 Å². The average Bonchev–Trinajstić information content (AvgIpc) is 3.14. The van der Waals surface area contributed by atoms with Crippen molar-refractivity contribution in [1.29, 1.82) is 0 Å². The molecular weight excluding hydrogens is 388 g/mol. The van der Waals surface area contributed by atoms with E-state index < -0.39 is 30.6 Å². The van der Waals surface area contributed by atoms with Crippen LogP contribution in [0.25, 0.3) is 21.9 Å². The topological polar surface area (TPSA) is 122 Å². The number of hydrogen-bond acceptors (Lipinski definition) is 6. The Balaban J connectivity index is 1.44. The highest BCUT2D eigenvalue weighted by Gasteiger charge is 2.29. The summed E-state index contributed by atoms with van der Waals surface area (Å²) in [6, 6.07) is 14.3. The third-order valence-electron chi connectivity index (χ3n) is 4.64. The summed E-state index contributed by atoms with van der Waals surface area (Å²) in [5.74, 6) is -1.61. The Morgan fingerprint density at radius 3 is 2.63 bits per heavy atom. The Morgan fingerprint density at radius 1 is 1.07 bits per heavy atom. The highest BCUT2D eigenvalue weighted by Crippen LogP contribution is 2.31. The minimum atomic E-state index is -1.54. The van der Waals surface area contributed by atoms with Crippen LogP contribution in [-0.2, 0) is 9.59 Å². The first-order valence-electron chi connectivity index (χ1n) is 9.17. The van der Waals surface area contributed by atoms with E-state index in [4.69, 9.17) is 9.15 Å². The number of aromatic nitrogens is 1. The van der Waals surface area contributed by atoms with Crippen LogP contribution in [0.2, 0.25) is 0 Å². The van der Waals surface area contributed by atoms with Crippen molar-refractivity contribution in [2.45, 2.75) is 12.1 Å². The fourth-order valence-electron chi connectivity index (χ4n) is 3.18. The maximum Gasteiger partial charge on any atom is 0.329 e. The van der Waals surface area contributed by atoms with Gasteiger partial charge in [0.2, 0.25) is 0 Å². The fourth-order valence-corrected chi connectivity index (χ4v) is 3.18. The number of ether oxygens (including phenoxy) is 1. The quantitative estimate of drug-likeness (QED) is 0.431. The Labute approximate surface area is 170 Å². The third-order valence-corrected chi connectivity index (χ3v) is 4.64. The molecule has 0 saturated heterocycles. The molecule has 30 heavy (non-hydrogen) atoms. The van der Waals surface area contributed by atoms with Gasteiger partial charge in [-0.2, -0.15) is 0 Å². The molecule has 0 spiro atoms.